The molecule has 2 aromatic rings. The highest BCUT2D eigenvalue weighted by Gasteiger charge is 2.08. The van der Waals surface area contributed by atoms with Crippen LogP contribution in [0.3, 0.4) is 0 Å². The highest BCUT2D eigenvalue weighted by molar-refractivity contribution is 6.33. The molecule has 0 fully saturated rings. The third-order valence-corrected chi connectivity index (χ3v) is 3.38. The minimum absolute atomic E-state index is 0.116. The van der Waals surface area contributed by atoms with Crippen LogP contribution in [0.2, 0.25) is 5.02 Å². The van der Waals surface area contributed by atoms with Crippen LogP contribution >= 0.6 is 11.6 Å². The van der Waals surface area contributed by atoms with Crippen molar-refractivity contribution in [3.63, 3.8) is 0 Å². The van der Waals surface area contributed by atoms with E-state index >= 15 is 0 Å². The fraction of sp³-hybridized carbons (Fsp3) is 0.125. The number of aryl methyl sites for hydroxylation is 1. The molecule has 1 N–H and O–H groups in total. The minimum atomic E-state index is -0.539. The number of halogens is 1. The van der Waals surface area contributed by atoms with Crippen LogP contribution < -0.4 is 10.2 Å². The van der Waals surface area contributed by atoms with Gasteiger partial charge in [0.15, 0.2) is 6.61 Å². The molecule has 0 aliphatic rings. The quantitative estimate of drug-likeness (QED) is 0.493. The van der Waals surface area contributed by atoms with Crippen molar-refractivity contribution >= 4 is 29.4 Å². The van der Waals surface area contributed by atoms with Gasteiger partial charge >= 0.3 is 0 Å². The molecule has 1 amide bonds. The second-order valence-electron chi connectivity index (χ2n) is 4.81. The molecule has 0 aliphatic carbocycles. The zero-order chi connectivity index (χ0) is 17.5. The highest BCUT2D eigenvalue weighted by atomic mass is 35.5. The van der Waals surface area contributed by atoms with Gasteiger partial charge in [0.2, 0.25) is 0 Å². The van der Waals surface area contributed by atoms with Crippen molar-refractivity contribution < 1.29 is 14.5 Å². The van der Waals surface area contributed by atoms with E-state index in [0.29, 0.717) is 11.3 Å². The summed E-state index contributed by atoms with van der Waals surface area (Å²) in [6, 6.07) is 11.3. The molecule has 0 spiro atoms. The first-order chi connectivity index (χ1) is 11.5. The molecule has 0 heterocycles. The fourth-order valence-corrected chi connectivity index (χ4v) is 1.98. The van der Waals surface area contributed by atoms with E-state index in [2.05, 4.69) is 10.5 Å². The summed E-state index contributed by atoms with van der Waals surface area (Å²) in [6.07, 6.45) is 1.24. The number of carbonyl (C=O) groups excluding carboxylic acids is 1. The minimum Gasteiger partial charge on any atom is -0.483 e. The van der Waals surface area contributed by atoms with Crippen LogP contribution in [0.1, 0.15) is 11.1 Å². The number of benzene rings is 2. The monoisotopic (exact) mass is 347 g/mol. The Labute approximate surface area is 143 Å². The van der Waals surface area contributed by atoms with Gasteiger partial charge < -0.3 is 4.74 Å². The molecule has 8 heteroatoms. The van der Waals surface area contributed by atoms with Crippen molar-refractivity contribution in [3.05, 3.63) is 68.7 Å². The van der Waals surface area contributed by atoms with E-state index in [0.717, 1.165) is 5.56 Å². The fourth-order valence-electron chi connectivity index (χ4n) is 1.81. The number of hydrogen-bond acceptors (Lipinski definition) is 5. The lowest BCUT2D eigenvalue weighted by molar-refractivity contribution is -0.384. The molecule has 0 saturated heterocycles. The lowest BCUT2D eigenvalue weighted by atomic mass is 10.2. The van der Waals surface area contributed by atoms with Gasteiger partial charge in [0.25, 0.3) is 11.6 Å². The SMILES string of the molecule is Cc1ccccc1OCC(=O)N/N=C/c1cc([N+](=O)[O-])ccc1Cl. The summed E-state index contributed by atoms with van der Waals surface area (Å²) in [5.74, 6) is 0.148. The van der Waals surface area contributed by atoms with E-state index in [-0.39, 0.29) is 17.3 Å². The second-order valence-corrected chi connectivity index (χ2v) is 5.22. The number of para-hydroxylation sites is 1. The lowest BCUT2D eigenvalue weighted by Crippen LogP contribution is -2.24. The van der Waals surface area contributed by atoms with Gasteiger partial charge in [-0.15, -0.1) is 0 Å². The molecule has 0 aliphatic heterocycles. The Morgan fingerprint density at radius 1 is 1.38 bits per heavy atom. The number of hydrazone groups is 1. The largest absolute Gasteiger partial charge is 0.483 e. The average Bonchev–Trinajstić information content (AvgIpc) is 2.55. The van der Waals surface area contributed by atoms with Gasteiger partial charge in [-0.25, -0.2) is 5.43 Å². The van der Waals surface area contributed by atoms with Crippen LogP contribution in [0.5, 0.6) is 5.75 Å². The number of carbonyl (C=O) groups is 1. The Balaban J connectivity index is 1.92. The van der Waals surface area contributed by atoms with Crippen molar-refractivity contribution in [1.29, 1.82) is 0 Å². The summed E-state index contributed by atoms with van der Waals surface area (Å²) >= 11 is 5.92. The molecule has 0 atom stereocenters. The van der Waals surface area contributed by atoms with Gasteiger partial charge in [-0.05, 0) is 24.6 Å². The van der Waals surface area contributed by atoms with E-state index in [4.69, 9.17) is 16.3 Å². The molecule has 124 valence electrons. The topological polar surface area (TPSA) is 93.8 Å². The first-order valence-electron chi connectivity index (χ1n) is 6.91. The van der Waals surface area contributed by atoms with Crippen LogP contribution in [0.4, 0.5) is 5.69 Å². The van der Waals surface area contributed by atoms with Crippen LogP contribution in [0.25, 0.3) is 0 Å². The van der Waals surface area contributed by atoms with E-state index in [1.165, 1.54) is 24.4 Å². The third-order valence-electron chi connectivity index (χ3n) is 3.04. The normalized spacial score (nSPS) is 10.6. The predicted molar refractivity (Wildman–Crippen MR) is 90.5 cm³/mol. The molecule has 2 rings (SSSR count). The number of amides is 1. The molecule has 0 saturated carbocycles. The molecule has 0 bridgehead atoms. The lowest BCUT2D eigenvalue weighted by Gasteiger charge is -2.07. The number of nitro benzene ring substituents is 1. The summed E-state index contributed by atoms with van der Waals surface area (Å²) in [4.78, 5) is 21.9. The van der Waals surface area contributed by atoms with Crippen LogP contribution in [0.15, 0.2) is 47.6 Å². The number of nitrogens with one attached hydrogen (secondary N) is 1. The Kier molecular flexibility index (Phi) is 5.86. The Bertz CT molecular complexity index is 793. The smallest absolute Gasteiger partial charge is 0.277 e. The van der Waals surface area contributed by atoms with Gasteiger partial charge in [0.05, 0.1) is 11.1 Å². The van der Waals surface area contributed by atoms with Gasteiger partial charge in [-0.3, -0.25) is 14.9 Å². The maximum atomic E-state index is 11.7. The Morgan fingerprint density at radius 2 is 2.12 bits per heavy atom. The number of nitro groups is 1. The summed E-state index contributed by atoms with van der Waals surface area (Å²) < 4.78 is 5.37. The number of non-ortho nitro benzene ring substituents is 1. The van der Waals surface area contributed by atoms with Crippen LogP contribution in [0, 0.1) is 17.0 Å². The molecular weight excluding hydrogens is 334 g/mol. The average molecular weight is 348 g/mol. The highest BCUT2D eigenvalue weighted by Crippen LogP contribution is 2.20. The van der Waals surface area contributed by atoms with E-state index < -0.39 is 10.8 Å². The van der Waals surface area contributed by atoms with Gasteiger partial charge in [-0.1, -0.05) is 29.8 Å². The van der Waals surface area contributed by atoms with Gasteiger partial charge in [0.1, 0.15) is 5.75 Å². The van der Waals surface area contributed by atoms with E-state index in [1.54, 1.807) is 6.07 Å². The maximum Gasteiger partial charge on any atom is 0.277 e. The van der Waals surface area contributed by atoms with Crippen molar-refractivity contribution in [2.45, 2.75) is 6.92 Å². The van der Waals surface area contributed by atoms with Crippen molar-refractivity contribution in [2.75, 3.05) is 6.61 Å². The van der Waals surface area contributed by atoms with Gasteiger partial charge in [-0.2, -0.15) is 5.10 Å². The van der Waals surface area contributed by atoms with E-state index in [1.807, 2.05) is 25.1 Å². The first-order valence-corrected chi connectivity index (χ1v) is 7.29. The Hall–Kier alpha value is -2.93. The summed E-state index contributed by atoms with van der Waals surface area (Å²) in [7, 11) is 0. The second kappa shape index (κ2) is 8.07. The number of rotatable bonds is 6. The standard InChI is InChI=1S/C16H14ClN3O4/c1-11-4-2-3-5-15(11)24-10-16(21)19-18-9-12-8-13(20(22)23)6-7-14(12)17/h2-9H,10H2,1H3,(H,19,21)/b18-9+. The zero-order valence-electron chi connectivity index (χ0n) is 12.7. The van der Waals surface area contributed by atoms with Crippen molar-refractivity contribution in [1.82, 2.24) is 5.43 Å². The summed E-state index contributed by atoms with van der Waals surface area (Å²) in [6.45, 7) is 1.67. The molecule has 24 heavy (non-hydrogen) atoms. The van der Waals surface area contributed by atoms with Crippen molar-refractivity contribution in [2.24, 2.45) is 5.10 Å². The molecule has 7 nitrogen and oxygen atoms in total. The third kappa shape index (κ3) is 4.79. The maximum absolute atomic E-state index is 11.7. The van der Waals surface area contributed by atoms with Crippen molar-refractivity contribution in [3.8, 4) is 5.75 Å². The number of nitrogens with zero attached hydrogens (tertiary/aromatic N) is 2. The molecule has 0 unspecified atom stereocenters. The number of ether oxygens (including phenoxy) is 1. The molecule has 2 aromatic carbocycles. The van der Waals surface area contributed by atoms with Crippen LogP contribution in [-0.2, 0) is 4.79 Å². The van der Waals surface area contributed by atoms with E-state index in [9.17, 15) is 14.9 Å². The molecule has 0 aromatic heterocycles. The predicted octanol–water partition coefficient (Wildman–Crippen LogP) is 3.09. The summed E-state index contributed by atoms with van der Waals surface area (Å²) in [5, 5.41) is 14.7. The first kappa shape index (κ1) is 17.4. The molecular formula is C16H14ClN3O4. The summed E-state index contributed by atoms with van der Waals surface area (Å²) in [5.41, 5.74) is 3.40. The Morgan fingerprint density at radius 3 is 2.83 bits per heavy atom. The zero-order valence-corrected chi connectivity index (χ0v) is 13.5. The van der Waals surface area contributed by atoms with Crippen LogP contribution in [-0.4, -0.2) is 23.7 Å². The molecule has 0 radical (unpaired) electrons. The van der Waals surface area contributed by atoms with Gasteiger partial charge in [0, 0.05) is 22.7 Å². The number of hydrogen-bond donors (Lipinski definition) is 1.